The number of rotatable bonds is 4. The van der Waals surface area contributed by atoms with Crippen LogP contribution in [-0.4, -0.2) is 6.88 Å². The van der Waals surface area contributed by atoms with Crippen LogP contribution in [0, 0.1) is 5.92 Å². The summed E-state index contributed by atoms with van der Waals surface area (Å²) in [6, 6.07) is 18.4. The van der Waals surface area contributed by atoms with Crippen molar-refractivity contribution in [1.82, 2.24) is 0 Å². The largest absolute Gasteiger partial charge is 0.147 e. The van der Waals surface area contributed by atoms with E-state index in [1.165, 1.54) is 22.3 Å². The molecule has 0 aliphatic heterocycles. The number of halogens is 2. The number of aryl methyl sites for hydroxylation is 1. The second-order valence-corrected chi connectivity index (χ2v) is 40.1. The average molecular weight is 565 g/mol. The van der Waals surface area contributed by atoms with Gasteiger partial charge in [0.2, 0.25) is 0 Å². The van der Waals surface area contributed by atoms with Crippen molar-refractivity contribution >= 4 is 37.3 Å². The molecular weight excluding hydrogens is 527 g/mol. The van der Waals surface area contributed by atoms with Crippen LogP contribution in [0.2, 0.25) is 9.26 Å². The van der Waals surface area contributed by atoms with Crippen LogP contribution in [0.5, 0.6) is 0 Å². The summed E-state index contributed by atoms with van der Waals surface area (Å²) in [5, 5.41) is 0. The van der Waals surface area contributed by atoms with Gasteiger partial charge in [-0.3, -0.25) is 0 Å². The summed E-state index contributed by atoms with van der Waals surface area (Å²) in [5.74, 6) is 0.594. The van der Waals surface area contributed by atoms with Crippen LogP contribution in [0.4, 0.5) is 0 Å². The number of fused-ring (bicyclic) bond motifs is 1. The van der Waals surface area contributed by atoms with E-state index in [-0.39, 0.29) is 24.8 Å². The van der Waals surface area contributed by atoms with Crippen molar-refractivity contribution in [2.75, 3.05) is 0 Å². The first-order valence-corrected chi connectivity index (χ1v) is 24.9. The van der Waals surface area contributed by atoms with Gasteiger partial charge in [-0.15, -0.1) is 24.8 Å². The summed E-state index contributed by atoms with van der Waals surface area (Å²) in [4.78, 5) is 0. The third-order valence-corrected chi connectivity index (χ3v) is 25.4. The number of hydrogen-bond donors (Lipinski definition) is 0. The second-order valence-electron chi connectivity index (χ2n) is 10.6. The number of benzene rings is 2. The fourth-order valence-electron chi connectivity index (χ4n) is 6.19. The number of hydrogen-bond acceptors (Lipinski definition) is 0. The maximum Gasteiger partial charge on any atom is -0.147 e. The normalized spacial score (nSPS) is 20.6. The Bertz CT molecular complexity index is 1210. The average Bonchev–Trinajstić information content (AvgIpc) is 3.21. The summed E-state index contributed by atoms with van der Waals surface area (Å²) >= 11 is -3.31. The van der Waals surface area contributed by atoms with Gasteiger partial charge in [0, 0.05) is 0 Å². The van der Waals surface area contributed by atoms with Crippen molar-refractivity contribution < 1.29 is 17.4 Å². The SMILES string of the molecule is CCc1cccc(C2=C[CH]([Zr]([CH3])([CH3])(=[SiH2])[C]3=C(C)C(C)=C(C)C3C)c3ccccc32)c1.Cl.Cl. The molecule has 0 aromatic heterocycles. The molecule has 0 nitrogen and oxygen atoms in total. The van der Waals surface area contributed by atoms with Gasteiger partial charge in [0.25, 0.3) is 0 Å². The van der Waals surface area contributed by atoms with Crippen molar-refractivity contribution in [3.8, 4) is 0 Å². The fraction of sp³-hybridized carbons (Fsp3) is 0.357. The first kappa shape index (κ1) is 27.6. The Labute approximate surface area is 210 Å². The van der Waals surface area contributed by atoms with Crippen LogP contribution >= 0.6 is 24.8 Å². The molecule has 0 heterocycles. The van der Waals surface area contributed by atoms with Gasteiger partial charge < -0.3 is 0 Å². The Morgan fingerprint density at radius 1 is 0.906 bits per heavy atom. The van der Waals surface area contributed by atoms with Gasteiger partial charge in [0.1, 0.15) is 0 Å². The molecule has 4 rings (SSSR count). The van der Waals surface area contributed by atoms with Crippen molar-refractivity contribution in [2.24, 2.45) is 5.92 Å². The third-order valence-electron chi connectivity index (χ3n) is 8.09. The topological polar surface area (TPSA) is 0 Å². The molecule has 2 unspecified atom stereocenters. The van der Waals surface area contributed by atoms with E-state index in [1.54, 1.807) is 22.3 Å². The zero-order valence-electron chi connectivity index (χ0n) is 20.6. The molecule has 2 aliphatic carbocycles. The summed E-state index contributed by atoms with van der Waals surface area (Å²) in [5.41, 5.74) is 12.0. The van der Waals surface area contributed by atoms with Crippen molar-refractivity contribution in [3.05, 3.63) is 96.9 Å². The van der Waals surface area contributed by atoms with Gasteiger partial charge in [-0.25, -0.2) is 0 Å². The quantitative estimate of drug-likeness (QED) is 0.329. The Kier molecular flexibility index (Phi) is 8.22. The first-order chi connectivity index (χ1) is 14.0. The van der Waals surface area contributed by atoms with Gasteiger partial charge in [-0.2, -0.15) is 0 Å². The molecule has 172 valence electrons. The van der Waals surface area contributed by atoms with Crippen LogP contribution in [-0.2, 0) is 23.8 Å². The zero-order chi connectivity index (χ0) is 21.9. The minimum Gasteiger partial charge on any atom is -0.147 e. The summed E-state index contributed by atoms with van der Waals surface area (Å²) in [6.45, 7) is 14.2. The van der Waals surface area contributed by atoms with E-state index in [9.17, 15) is 0 Å². The molecule has 32 heavy (non-hydrogen) atoms. The van der Waals surface area contributed by atoms with E-state index in [0.717, 1.165) is 6.42 Å². The molecule has 2 aromatic rings. The van der Waals surface area contributed by atoms with Gasteiger partial charge in [-0.1, -0.05) is 0 Å². The summed E-state index contributed by atoms with van der Waals surface area (Å²) < 4.78 is 7.78. The van der Waals surface area contributed by atoms with Gasteiger partial charge >= 0.3 is 187 Å². The molecular formula is C28H38Cl2SiZr. The molecule has 0 radical (unpaired) electrons. The summed E-state index contributed by atoms with van der Waals surface area (Å²) in [7, 11) is 0. The zero-order valence-corrected chi connectivity index (χ0v) is 26.1. The van der Waals surface area contributed by atoms with Crippen LogP contribution < -0.4 is 0 Å². The van der Waals surface area contributed by atoms with E-state index in [0.29, 0.717) is 9.54 Å². The summed E-state index contributed by atoms with van der Waals surface area (Å²) in [6.07, 6.45) is 3.74. The molecule has 2 aliphatic rings. The van der Waals surface area contributed by atoms with Gasteiger partial charge in [0.05, 0.1) is 0 Å². The van der Waals surface area contributed by atoms with Crippen LogP contribution in [0.1, 0.15) is 60.5 Å². The first-order valence-electron chi connectivity index (χ1n) is 11.4. The van der Waals surface area contributed by atoms with E-state index in [4.69, 9.17) is 0 Å². The standard InChI is InChI=1S/C17H15.C9H13.2CH3.2ClH.H2Si.Zr/c1-2-13-6-5-8-15(12-13)17-11-10-14-7-3-4-9-16(14)17;1-6-5-7(2)9(4)8(6)3;;;;;;/h3-12H,2H2,1H3;6H,1-4H3;2*1H3;2*1H;1H2;. The van der Waals surface area contributed by atoms with E-state index >= 15 is 0 Å². The number of allylic oxidation sites excluding steroid dienone is 5. The molecule has 0 N–H and O–H groups in total. The van der Waals surface area contributed by atoms with Crippen LogP contribution in [0.15, 0.2) is 74.6 Å². The van der Waals surface area contributed by atoms with Crippen LogP contribution in [0.3, 0.4) is 0 Å². The fourth-order valence-corrected chi connectivity index (χ4v) is 24.7. The van der Waals surface area contributed by atoms with Crippen LogP contribution in [0.25, 0.3) is 5.57 Å². The minimum atomic E-state index is -3.31. The Balaban J connectivity index is 0.00000181. The Hall–Kier alpha value is -0.660. The van der Waals surface area contributed by atoms with Crippen molar-refractivity contribution in [3.63, 3.8) is 0 Å². The maximum absolute atomic E-state index is 3.31. The van der Waals surface area contributed by atoms with Gasteiger partial charge in [0.15, 0.2) is 0 Å². The minimum absolute atomic E-state index is 0. The van der Waals surface area contributed by atoms with Crippen molar-refractivity contribution in [2.45, 2.75) is 53.9 Å². The molecule has 0 saturated heterocycles. The molecule has 4 heteroatoms. The molecule has 2 atom stereocenters. The molecule has 0 spiro atoms. The smallest absolute Gasteiger partial charge is 0.147 e. The molecule has 0 amide bonds. The predicted molar refractivity (Wildman–Crippen MR) is 147 cm³/mol. The predicted octanol–water partition coefficient (Wildman–Crippen LogP) is 8.17. The maximum atomic E-state index is 2.70. The Morgan fingerprint density at radius 3 is 2.16 bits per heavy atom. The monoisotopic (exact) mass is 562 g/mol. The van der Waals surface area contributed by atoms with E-state index in [1.807, 2.05) is 3.28 Å². The third kappa shape index (κ3) is 4.26. The molecule has 0 fully saturated rings. The van der Waals surface area contributed by atoms with E-state index in [2.05, 4.69) is 105 Å². The second kappa shape index (κ2) is 9.53. The van der Waals surface area contributed by atoms with Gasteiger partial charge in [-0.05, 0) is 0 Å². The van der Waals surface area contributed by atoms with Crippen molar-refractivity contribution in [1.29, 1.82) is 0 Å². The molecule has 0 bridgehead atoms. The Morgan fingerprint density at radius 2 is 1.56 bits per heavy atom. The molecule has 2 aromatic carbocycles. The van der Waals surface area contributed by atoms with E-state index < -0.39 is 17.4 Å². The molecule has 0 saturated carbocycles.